The van der Waals surface area contributed by atoms with Crippen LogP contribution in [0.25, 0.3) is 0 Å². The van der Waals surface area contributed by atoms with E-state index in [4.69, 9.17) is 21.1 Å². The second kappa shape index (κ2) is 7.51. The van der Waals surface area contributed by atoms with Gasteiger partial charge in [-0.05, 0) is 30.3 Å². The lowest BCUT2D eigenvalue weighted by atomic mass is 10.3. The van der Waals surface area contributed by atoms with Gasteiger partial charge in [-0.15, -0.1) is 0 Å². The number of hydrogen-bond donors (Lipinski definition) is 2. The van der Waals surface area contributed by atoms with Gasteiger partial charge in [0.1, 0.15) is 5.82 Å². The average Bonchev–Trinajstić information content (AvgIpc) is 2.51. The topological polar surface area (TPSA) is 59.6 Å². The summed E-state index contributed by atoms with van der Waals surface area (Å²) in [7, 11) is 1.53. The number of urea groups is 1. The Morgan fingerprint density at radius 1 is 1.23 bits per heavy atom. The van der Waals surface area contributed by atoms with Crippen LogP contribution in [0.2, 0.25) is 5.02 Å². The molecule has 0 bridgehead atoms. The van der Waals surface area contributed by atoms with Crippen LogP contribution in [0, 0.1) is 5.82 Å². The Balaban J connectivity index is 1.84. The summed E-state index contributed by atoms with van der Waals surface area (Å²) in [6, 6.07) is 10.5. The number of rotatable bonds is 5. The van der Waals surface area contributed by atoms with Crippen molar-refractivity contribution in [3.8, 4) is 11.5 Å². The number of benzene rings is 2. The maximum absolute atomic E-state index is 13.0. The van der Waals surface area contributed by atoms with Gasteiger partial charge in [-0.3, -0.25) is 0 Å². The molecular weight excluding hydrogens is 311 g/mol. The zero-order chi connectivity index (χ0) is 15.9. The van der Waals surface area contributed by atoms with E-state index in [2.05, 4.69) is 10.6 Å². The van der Waals surface area contributed by atoms with Crippen molar-refractivity contribution in [2.45, 2.75) is 0 Å². The van der Waals surface area contributed by atoms with Gasteiger partial charge in [0.2, 0.25) is 0 Å². The highest BCUT2D eigenvalue weighted by molar-refractivity contribution is 6.31. The fourth-order valence-electron chi connectivity index (χ4n) is 1.67. The van der Waals surface area contributed by atoms with Gasteiger partial charge < -0.3 is 20.1 Å². The number of nitrogens with one attached hydrogen (secondary N) is 2. The third-order valence-electron chi connectivity index (χ3n) is 2.71. The van der Waals surface area contributed by atoms with E-state index in [1.54, 1.807) is 18.2 Å². The van der Waals surface area contributed by atoms with Crippen LogP contribution in [0.15, 0.2) is 42.5 Å². The highest BCUT2D eigenvalue weighted by Crippen LogP contribution is 2.25. The van der Waals surface area contributed by atoms with Crippen LogP contribution in [-0.2, 0) is 0 Å². The molecule has 22 heavy (non-hydrogen) atoms. The molecule has 116 valence electrons. The summed E-state index contributed by atoms with van der Waals surface area (Å²) < 4.78 is 23.5. The van der Waals surface area contributed by atoms with Gasteiger partial charge >= 0.3 is 6.03 Å². The molecule has 2 rings (SSSR count). The third kappa shape index (κ3) is 4.26. The molecule has 0 radical (unpaired) electrons. The lowest BCUT2D eigenvalue weighted by Crippen LogP contribution is -2.32. The first-order valence-corrected chi connectivity index (χ1v) is 6.73. The molecular formula is C15H14ClFN2O3. The Kier molecular flexibility index (Phi) is 5.43. The van der Waals surface area contributed by atoms with Gasteiger partial charge in [-0.2, -0.15) is 0 Å². The van der Waals surface area contributed by atoms with Crippen molar-refractivity contribution in [3.63, 3.8) is 0 Å². The number of carbonyl (C=O) groups is 1. The molecule has 0 aliphatic rings. The highest BCUT2D eigenvalue weighted by Gasteiger charge is 2.06. The van der Waals surface area contributed by atoms with Crippen LogP contribution in [0.3, 0.4) is 0 Å². The second-order valence-corrected chi connectivity index (χ2v) is 4.61. The quantitative estimate of drug-likeness (QED) is 0.825. The fraction of sp³-hybridized carbons (Fsp3) is 0.133. The number of para-hydroxylation sites is 2. The van der Waals surface area contributed by atoms with E-state index in [1.165, 1.54) is 25.3 Å². The largest absolute Gasteiger partial charge is 0.493 e. The van der Waals surface area contributed by atoms with Crippen LogP contribution < -0.4 is 20.1 Å². The van der Waals surface area contributed by atoms with Gasteiger partial charge in [0.05, 0.1) is 12.1 Å². The van der Waals surface area contributed by atoms with Crippen LogP contribution in [0.4, 0.5) is 14.9 Å². The SMILES string of the molecule is COc1ccccc1OCNC(=O)Nc1ccc(F)c(Cl)c1. The molecule has 0 saturated heterocycles. The van der Waals surface area contributed by atoms with Crippen LogP contribution in [-0.4, -0.2) is 19.9 Å². The van der Waals surface area contributed by atoms with Crippen molar-refractivity contribution in [1.82, 2.24) is 5.32 Å². The molecule has 0 aliphatic heterocycles. The molecule has 0 fully saturated rings. The van der Waals surface area contributed by atoms with E-state index < -0.39 is 11.8 Å². The summed E-state index contributed by atoms with van der Waals surface area (Å²) >= 11 is 5.63. The second-order valence-electron chi connectivity index (χ2n) is 4.20. The summed E-state index contributed by atoms with van der Waals surface area (Å²) in [4.78, 5) is 11.7. The summed E-state index contributed by atoms with van der Waals surface area (Å²) in [5, 5.41) is 4.95. The molecule has 2 aromatic rings. The summed E-state index contributed by atoms with van der Waals surface area (Å²) in [6.07, 6.45) is 0. The first-order chi connectivity index (χ1) is 10.6. The Bertz CT molecular complexity index is 667. The van der Waals surface area contributed by atoms with E-state index in [-0.39, 0.29) is 11.8 Å². The van der Waals surface area contributed by atoms with Gasteiger partial charge in [0, 0.05) is 5.69 Å². The maximum Gasteiger partial charge on any atom is 0.321 e. The number of halogens is 2. The molecule has 2 amide bonds. The first-order valence-electron chi connectivity index (χ1n) is 6.36. The van der Waals surface area contributed by atoms with Gasteiger partial charge in [0.25, 0.3) is 0 Å². The van der Waals surface area contributed by atoms with Crippen LogP contribution >= 0.6 is 11.6 Å². The predicted octanol–water partition coefficient (Wildman–Crippen LogP) is 3.65. The van der Waals surface area contributed by atoms with Crippen molar-refractivity contribution in [1.29, 1.82) is 0 Å². The molecule has 0 heterocycles. The maximum atomic E-state index is 13.0. The zero-order valence-electron chi connectivity index (χ0n) is 11.7. The minimum absolute atomic E-state index is 0.0544. The molecule has 0 saturated carbocycles. The van der Waals surface area contributed by atoms with Gasteiger partial charge in [-0.25, -0.2) is 9.18 Å². The number of anilines is 1. The molecule has 0 aliphatic carbocycles. The molecule has 0 atom stereocenters. The smallest absolute Gasteiger partial charge is 0.321 e. The monoisotopic (exact) mass is 324 g/mol. The van der Waals surface area contributed by atoms with Gasteiger partial charge in [-0.1, -0.05) is 23.7 Å². The Morgan fingerprint density at radius 3 is 2.64 bits per heavy atom. The Hall–Kier alpha value is -2.47. The molecule has 2 aromatic carbocycles. The molecule has 2 N–H and O–H groups in total. The van der Waals surface area contributed by atoms with Crippen LogP contribution in [0.5, 0.6) is 11.5 Å². The normalized spacial score (nSPS) is 9.95. The van der Waals surface area contributed by atoms with E-state index >= 15 is 0 Å². The number of methoxy groups -OCH3 is 1. The summed E-state index contributed by atoms with van der Waals surface area (Å²) in [6.45, 7) is -0.0544. The van der Waals surface area contributed by atoms with E-state index in [9.17, 15) is 9.18 Å². The predicted molar refractivity (Wildman–Crippen MR) is 82.1 cm³/mol. The summed E-state index contributed by atoms with van der Waals surface area (Å²) in [5.74, 6) is 0.525. The lowest BCUT2D eigenvalue weighted by Gasteiger charge is -2.12. The molecule has 7 heteroatoms. The van der Waals surface area contributed by atoms with E-state index in [0.29, 0.717) is 17.2 Å². The third-order valence-corrected chi connectivity index (χ3v) is 3.00. The molecule has 0 aromatic heterocycles. The Morgan fingerprint density at radius 2 is 1.95 bits per heavy atom. The minimum atomic E-state index is -0.549. The zero-order valence-corrected chi connectivity index (χ0v) is 12.5. The highest BCUT2D eigenvalue weighted by atomic mass is 35.5. The minimum Gasteiger partial charge on any atom is -0.493 e. The van der Waals surface area contributed by atoms with Crippen molar-refractivity contribution in [2.24, 2.45) is 0 Å². The van der Waals surface area contributed by atoms with Crippen LogP contribution in [0.1, 0.15) is 0 Å². The average molecular weight is 325 g/mol. The number of carbonyl (C=O) groups excluding carboxylic acids is 1. The number of hydrogen-bond acceptors (Lipinski definition) is 3. The van der Waals surface area contributed by atoms with E-state index in [1.807, 2.05) is 6.07 Å². The van der Waals surface area contributed by atoms with Crippen molar-refractivity contribution in [2.75, 3.05) is 19.2 Å². The fourth-order valence-corrected chi connectivity index (χ4v) is 1.85. The number of ether oxygens (including phenoxy) is 2. The van der Waals surface area contributed by atoms with Crippen molar-refractivity contribution < 1.29 is 18.7 Å². The number of amides is 2. The molecule has 0 unspecified atom stereocenters. The standard InChI is InChI=1S/C15H14ClFN2O3/c1-21-13-4-2-3-5-14(13)22-9-18-15(20)19-10-6-7-12(17)11(16)8-10/h2-8H,9H2,1H3,(H2,18,19,20). The lowest BCUT2D eigenvalue weighted by molar-refractivity contribution is 0.231. The van der Waals surface area contributed by atoms with Gasteiger partial charge in [0.15, 0.2) is 18.2 Å². The van der Waals surface area contributed by atoms with E-state index in [0.717, 1.165) is 0 Å². The Labute approximate surface area is 132 Å². The van der Waals surface area contributed by atoms with Crippen molar-refractivity contribution >= 4 is 23.3 Å². The van der Waals surface area contributed by atoms with Crippen molar-refractivity contribution in [3.05, 3.63) is 53.3 Å². The first kappa shape index (κ1) is 15.9. The summed E-state index contributed by atoms with van der Waals surface area (Å²) in [5.41, 5.74) is 0.376. The molecule has 0 spiro atoms. The molecule has 5 nitrogen and oxygen atoms in total.